The Morgan fingerprint density at radius 1 is 1.16 bits per heavy atom. The van der Waals surface area contributed by atoms with E-state index in [-0.39, 0.29) is 23.1 Å². The number of alkyl halides is 2. The van der Waals surface area contributed by atoms with Gasteiger partial charge in [0, 0.05) is 42.3 Å². The van der Waals surface area contributed by atoms with Crippen molar-refractivity contribution in [3.8, 4) is 0 Å². The SMILES string of the molecule is CC(F)(F)c1ccc(C(=CC2CCC(=O)N2)c2cccc(=O)[nH]2)cc1. The number of benzene rings is 1. The predicted octanol–water partition coefficient (Wildman–Crippen LogP) is 3.20. The van der Waals surface area contributed by atoms with Gasteiger partial charge in [-0.05, 0) is 18.1 Å². The first-order valence-electron chi connectivity index (χ1n) is 8.02. The molecule has 1 aliphatic heterocycles. The second kappa shape index (κ2) is 6.63. The molecule has 0 spiro atoms. The second-order valence-corrected chi connectivity index (χ2v) is 6.19. The Morgan fingerprint density at radius 2 is 1.88 bits per heavy atom. The molecule has 0 aliphatic carbocycles. The van der Waals surface area contributed by atoms with E-state index in [0.29, 0.717) is 29.7 Å². The van der Waals surface area contributed by atoms with Crippen molar-refractivity contribution in [1.82, 2.24) is 10.3 Å². The van der Waals surface area contributed by atoms with Gasteiger partial charge in [0.1, 0.15) is 0 Å². The minimum Gasteiger partial charge on any atom is -0.350 e. The van der Waals surface area contributed by atoms with Gasteiger partial charge < -0.3 is 10.3 Å². The van der Waals surface area contributed by atoms with Crippen LogP contribution in [0.25, 0.3) is 5.57 Å². The molecule has 1 atom stereocenters. The van der Waals surface area contributed by atoms with Crippen LogP contribution < -0.4 is 10.9 Å². The number of carbonyl (C=O) groups excluding carboxylic acids is 1. The van der Waals surface area contributed by atoms with Gasteiger partial charge in [-0.2, -0.15) is 0 Å². The van der Waals surface area contributed by atoms with Crippen molar-refractivity contribution in [2.24, 2.45) is 0 Å². The van der Waals surface area contributed by atoms with Crippen LogP contribution in [0.5, 0.6) is 0 Å². The topological polar surface area (TPSA) is 62.0 Å². The highest BCUT2D eigenvalue weighted by Crippen LogP contribution is 2.30. The highest BCUT2D eigenvalue weighted by atomic mass is 19.3. The lowest BCUT2D eigenvalue weighted by Gasteiger charge is -2.14. The Hall–Kier alpha value is -2.76. The summed E-state index contributed by atoms with van der Waals surface area (Å²) < 4.78 is 26.8. The zero-order valence-electron chi connectivity index (χ0n) is 13.7. The molecule has 1 unspecified atom stereocenters. The number of aromatic nitrogens is 1. The number of halogens is 2. The maximum absolute atomic E-state index is 13.4. The third-order valence-electron chi connectivity index (χ3n) is 4.16. The Bertz CT molecular complexity index is 864. The van der Waals surface area contributed by atoms with Gasteiger partial charge in [0.25, 0.3) is 5.92 Å². The summed E-state index contributed by atoms with van der Waals surface area (Å²) in [4.78, 5) is 25.8. The van der Waals surface area contributed by atoms with E-state index in [9.17, 15) is 18.4 Å². The molecule has 6 heteroatoms. The van der Waals surface area contributed by atoms with E-state index in [1.165, 1.54) is 18.2 Å². The van der Waals surface area contributed by atoms with Crippen LogP contribution in [-0.4, -0.2) is 16.9 Å². The summed E-state index contributed by atoms with van der Waals surface area (Å²) in [6.07, 6.45) is 2.96. The molecule has 1 fully saturated rings. The van der Waals surface area contributed by atoms with Crippen molar-refractivity contribution in [2.45, 2.75) is 31.7 Å². The van der Waals surface area contributed by atoms with Crippen LogP contribution in [0.15, 0.2) is 53.3 Å². The van der Waals surface area contributed by atoms with Crippen LogP contribution in [-0.2, 0) is 10.7 Å². The molecule has 25 heavy (non-hydrogen) atoms. The van der Waals surface area contributed by atoms with E-state index in [2.05, 4.69) is 10.3 Å². The molecule has 1 aromatic heterocycles. The molecule has 1 amide bonds. The Morgan fingerprint density at radius 3 is 2.44 bits per heavy atom. The summed E-state index contributed by atoms with van der Waals surface area (Å²) in [6.45, 7) is 0.849. The smallest absolute Gasteiger partial charge is 0.270 e. The van der Waals surface area contributed by atoms with E-state index < -0.39 is 5.92 Å². The largest absolute Gasteiger partial charge is 0.350 e. The number of H-pyrrole nitrogens is 1. The summed E-state index contributed by atoms with van der Waals surface area (Å²) in [5.41, 5.74) is 1.62. The molecular weight excluding hydrogens is 326 g/mol. The number of pyridine rings is 1. The van der Waals surface area contributed by atoms with Crippen molar-refractivity contribution in [2.75, 3.05) is 0 Å². The number of nitrogens with one attached hydrogen (secondary N) is 2. The molecule has 4 nitrogen and oxygen atoms in total. The standard InChI is InChI=1S/C19H18F2N2O2/c1-19(20,21)13-7-5-12(6-8-13)15(11-14-9-10-18(25)22-14)16-3-2-4-17(24)23-16/h2-8,11,14H,9-10H2,1H3,(H,22,25)(H,23,24). The molecular formula is C19H18F2N2O2. The van der Waals surface area contributed by atoms with E-state index in [1.54, 1.807) is 24.3 Å². The monoisotopic (exact) mass is 344 g/mol. The lowest BCUT2D eigenvalue weighted by Crippen LogP contribution is -2.23. The van der Waals surface area contributed by atoms with Crippen molar-refractivity contribution < 1.29 is 13.6 Å². The maximum atomic E-state index is 13.4. The summed E-state index contributed by atoms with van der Waals surface area (Å²) in [5, 5.41) is 2.85. The third-order valence-corrected chi connectivity index (χ3v) is 4.16. The normalized spacial score (nSPS) is 18.3. The highest BCUT2D eigenvalue weighted by Gasteiger charge is 2.24. The van der Waals surface area contributed by atoms with Gasteiger partial charge in [-0.25, -0.2) is 8.78 Å². The van der Waals surface area contributed by atoms with Gasteiger partial charge in [-0.3, -0.25) is 9.59 Å². The fourth-order valence-electron chi connectivity index (χ4n) is 2.85. The Kier molecular flexibility index (Phi) is 4.53. The van der Waals surface area contributed by atoms with Crippen molar-refractivity contribution in [3.05, 3.63) is 75.7 Å². The minimum absolute atomic E-state index is 0.0249. The van der Waals surface area contributed by atoms with E-state index in [0.717, 1.165) is 6.92 Å². The summed E-state index contributed by atoms with van der Waals surface area (Å²) in [5.74, 6) is -2.94. The average Bonchev–Trinajstić information content (AvgIpc) is 2.97. The molecule has 130 valence electrons. The van der Waals surface area contributed by atoms with Gasteiger partial charge >= 0.3 is 0 Å². The predicted molar refractivity (Wildman–Crippen MR) is 91.3 cm³/mol. The van der Waals surface area contributed by atoms with Gasteiger partial charge in [-0.1, -0.05) is 36.4 Å². The van der Waals surface area contributed by atoms with Crippen LogP contribution in [0, 0.1) is 0 Å². The van der Waals surface area contributed by atoms with Gasteiger partial charge in [0.2, 0.25) is 11.5 Å². The first-order valence-corrected chi connectivity index (χ1v) is 8.02. The Labute approximate surface area is 143 Å². The minimum atomic E-state index is -2.91. The van der Waals surface area contributed by atoms with Crippen LogP contribution in [0.3, 0.4) is 0 Å². The average molecular weight is 344 g/mol. The molecule has 0 bridgehead atoms. The molecule has 1 aliphatic rings. The third kappa shape index (κ3) is 4.02. The van der Waals surface area contributed by atoms with Crippen molar-refractivity contribution >= 4 is 11.5 Å². The lowest BCUT2D eigenvalue weighted by atomic mass is 9.97. The first-order chi connectivity index (χ1) is 11.8. The number of hydrogen-bond donors (Lipinski definition) is 2. The van der Waals surface area contributed by atoms with Gasteiger partial charge in [0.15, 0.2) is 0 Å². The first kappa shape index (κ1) is 17.1. The van der Waals surface area contributed by atoms with E-state index >= 15 is 0 Å². The fraction of sp³-hybridized carbons (Fsp3) is 0.263. The van der Waals surface area contributed by atoms with Crippen molar-refractivity contribution in [3.63, 3.8) is 0 Å². The molecule has 0 saturated carbocycles. The van der Waals surface area contributed by atoms with E-state index in [4.69, 9.17) is 0 Å². The molecule has 2 heterocycles. The molecule has 0 radical (unpaired) electrons. The molecule has 1 aromatic carbocycles. The molecule has 1 saturated heterocycles. The Balaban J connectivity index is 2.03. The maximum Gasteiger partial charge on any atom is 0.270 e. The van der Waals surface area contributed by atoms with E-state index in [1.807, 2.05) is 6.08 Å². The van der Waals surface area contributed by atoms with Crippen LogP contribution in [0.1, 0.15) is 36.6 Å². The molecule has 2 aromatic rings. The van der Waals surface area contributed by atoms with Crippen molar-refractivity contribution in [1.29, 1.82) is 0 Å². The number of aromatic amines is 1. The van der Waals surface area contributed by atoms with Gasteiger partial charge in [-0.15, -0.1) is 0 Å². The second-order valence-electron chi connectivity index (χ2n) is 6.19. The zero-order valence-corrected chi connectivity index (χ0v) is 13.7. The van der Waals surface area contributed by atoms with Crippen LogP contribution in [0.2, 0.25) is 0 Å². The zero-order chi connectivity index (χ0) is 18.0. The number of amides is 1. The molecule has 2 N–H and O–H groups in total. The number of rotatable bonds is 4. The molecule has 3 rings (SSSR count). The quantitative estimate of drug-likeness (QED) is 0.895. The highest BCUT2D eigenvalue weighted by molar-refractivity contribution is 5.82. The lowest BCUT2D eigenvalue weighted by molar-refractivity contribution is -0.119. The van der Waals surface area contributed by atoms with Gasteiger partial charge in [0.05, 0.1) is 0 Å². The fourth-order valence-corrected chi connectivity index (χ4v) is 2.85. The number of hydrogen-bond acceptors (Lipinski definition) is 2. The van der Waals surface area contributed by atoms with Crippen LogP contribution in [0.4, 0.5) is 8.78 Å². The summed E-state index contributed by atoms with van der Waals surface area (Å²) >= 11 is 0. The van der Waals surface area contributed by atoms with Crippen LogP contribution >= 0.6 is 0 Å². The summed E-state index contributed by atoms with van der Waals surface area (Å²) in [6, 6.07) is 10.6. The number of carbonyl (C=O) groups is 1. The summed E-state index contributed by atoms with van der Waals surface area (Å²) in [7, 11) is 0.